The third kappa shape index (κ3) is 9.89. The van der Waals surface area contributed by atoms with Gasteiger partial charge in [0.2, 0.25) is 0 Å². The van der Waals surface area contributed by atoms with Crippen LogP contribution in [0.1, 0.15) is 84.5 Å². The van der Waals surface area contributed by atoms with Crippen LogP contribution in [0.3, 0.4) is 0 Å². The molecule has 0 fully saturated rings. The Morgan fingerprint density at radius 3 is 1.67 bits per heavy atom. The largest absolute Gasteiger partial charge is 0.477 e. The molecule has 126 valence electrons. The fourth-order valence-electron chi connectivity index (χ4n) is 3.13. The molecule has 0 aromatic rings. The first-order valence-corrected chi connectivity index (χ1v) is 9.01. The highest BCUT2D eigenvalue weighted by Gasteiger charge is 2.32. The minimum absolute atomic E-state index is 0.261. The maximum Gasteiger partial charge on any atom is 0.362 e. The summed E-state index contributed by atoms with van der Waals surface area (Å²) in [6.45, 7) is 5.20. The van der Waals surface area contributed by atoms with E-state index in [1.807, 2.05) is 6.92 Å². The van der Waals surface area contributed by atoms with Crippen molar-refractivity contribution in [1.82, 2.24) is 0 Å². The first kappa shape index (κ1) is 20.4. The van der Waals surface area contributed by atoms with Gasteiger partial charge in [0.05, 0.1) is 20.6 Å². The molecule has 3 nitrogen and oxygen atoms in total. The maximum atomic E-state index is 11.2. The summed E-state index contributed by atoms with van der Waals surface area (Å²) in [4.78, 5) is 11.2. The van der Waals surface area contributed by atoms with Gasteiger partial charge in [-0.15, -0.1) is 0 Å². The van der Waals surface area contributed by atoms with Gasteiger partial charge in [-0.3, -0.25) is 0 Å². The number of carbonyl (C=O) groups is 1. The van der Waals surface area contributed by atoms with Crippen LogP contribution < -0.4 is 0 Å². The summed E-state index contributed by atoms with van der Waals surface area (Å²) in [5, 5.41) is 9.25. The smallest absolute Gasteiger partial charge is 0.362 e. The van der Waals surface area contributed by atoms with Crippen molar-refractivity contribution in [2.45, 2.75) is 90.5 Å². The van der Waals surface area contributed by atoms with Crippen molar-refractivity contribution in [3.05, 3.63) is 0 Å². The normalized spacial score (nSPS) is 13.3. The van der Waals surface area contributed by atoms with Gasteiger partial charge in [-0.25, -0.2) is 4.79 Å². The zero-order valence-corrected chi connectivity index (χ0v) is 14.9. The molecule has 0 aliphatic rings. The summed E-state index contributed by atoms with van der Waals surface area (Å²) in [7, 11) is 4.10. The third-order valence-electron chi connectivity index (χ3n) is 4.60. The molecule has 1 unspecified atom stereocenters. The molecule has 1 atom stereocenters. The van der Waals surface area contributed by atoms with E-state index >= 15 is 0 Å². The average molecular weight is 301 g/mol. The highest BCUT2D eigenvalue weighted by Crippen LogP contribution is 2.15. The summed E-state index contributed by atoms with van der Waals surface area (Å²) >= 11 is 0. The first-order chi connectivity index (χ1) is 9.95. The van der Waals surface area contributed by atoms with E-state index in [0.717, 1.165) is 13.0 Å². The number of carboxylic acid groups (broad SMARTS) is 1. The van der Waals surface area contributed by atoms with Gasteiger partial charge in [0.1, 0.15) is 0 Å². The van der Waals surface area contributed by atoms with Crippen LogP contribution in [-0.4, -0.2) is 42.2 Å². The molecular weight excluding hydrogens is 262 g/mol. The fourth-order valence-corrected chi connectivity index (χ4v) is 3.13. The van der Waals surface area contributed by atoms with E-state index in [1.54, 1.807) is 0 Å². The Morgan fingerprint density at radius 1 is 0.857 bits per heavy atom. The monoisotopic (exact) mass is 300 g/mol. The summed E-state index contributed by atoms with van der Waals surface area (Å²) in [6.07, 6.45) is 14.0. The van der Waals surface area contributed by atoms with E-state index < -0.39 is 5.97 Å². The second-order valence-electron chi connectivity index (χ2n) is 6.95. The van der Waals surface area contributed by atoms with E-state index in [-0.39, 0.29) is 6.04 Å². The number of nitrogens with zero attached hydrogens (tertiary/aromatic N) is 1. The summed E-state index contributed by atoms with van der Waals surface area (Å²) in [5.41, 5.74) is 0. The molecule has 0 aromatic heterocycles. The maximum absolute atomic E-state index is 11.2. The summed E-state index contributed by atoms with van der Waals surface area (Å²) in [6, 6.07) is -0.261. The number of hydrogen-bond acceptors (Lipinski definition) is 1. The van der Waals surface area contributed by atoms with Gasteiger partial charge < -0.3 is 9.59 Å². The Balaban J connectivity index is 3.59. The second-order valence-corrected chi connectivity index (χ2v) is 6.95. The van der Waals surface area contributed by atoms with Crippen LogP contribution in [0.4, 0.5) is 0 Å². The number of hydrogen-bond donors (Lipinski definition) is 1. The lowest BCUT2D eigenvalue weighted by molar-refractivity contribution is -0.907. The van der Waals surface area contributed by atoms with Crippen LogP contribution in [0.25, 0.3) is 0 Å². The van der Waals surface area contributed by atoms with E-state index in [4.69, 9.17) is 0 Å². The predicted octanol–water partition coefficient (Wildman–Crippen LogP) is 4.85. The van der Waals surface area contributed by atoms with E-state index in [1.165, 1.54) is 57.8 Å². The molecule has 0 aliphatic carbocycles. The molecule has 0 bridgehead atoms. The van der Waals surface area contributed by atoms with E-state index in [0.29, 0.717) is 10.9 Å². The minimum atomic E-state index is -0.658. The lowest BCUT2D eigenvalue weighted by Gasteiger charge is -2.35. The van der Waals surface area contributed by atoms with Crippen LogP contribution in [-0.2, 0) is 4.79 Å². The topological polar surface area (TPSA) is 37.3 Å². The van der Waals surface area contributed by atoms with E-state index in [9.17, 15) is 9.90 Å². The standard InChI is InChI=1S/C18H37NO2/c1-5-7-8-9-10-11-12-13-14-15-16-19(3,4)17(6-2)18(20)21/h17H,5-16H2,1-4H3/p+1. The van der Waals surface area contributed by atoms with Crippen molar-refractivity contribution in [3.8, 4) is 0 Å². The summed E-state index contributed by atoms with van der Waals surface area (Å²) < 4.78 is 0.614. The number of quaternary nitrogens is 1. The Morgan fingerprint density at radius 2 is 1.29 bits per heavy atom. The van der Waals surface area contributed by atoms with Crippen molar-refractivity contribution in [3.63, 3.8) is 0 Å². The Kier molecular flexibility index (Phi) is 11.7. The predicted molar refractivity (Wildman–Crippen MR) is 90.5 cm³/mol. The first-order valence-electron chi connectivity index (χ1n) is 9.01. The van der Waals surface area contributed by atoms with Crippen LogP contribution >= 0.6 is 0 Å². The number of rotatable bonds is 14. The molecule has 1 N–H and O–H groups in total. The minimum Gasteiger partial charge on any atom is -0.477 e. The van der Waals surface area contributed by atoms with Crippen LogP contribution in [0.2, 0.25) is 0 Å². The van der Waals surface area contributed by atoms with Gasteiger partial charge in [-0.2, -0.15) is 0 Å². The molecule has 0 saturated heterocycles. The van der Waals surface area contributed by atoms with Crippen molar-refractivity contribution < 1.29 is 14.4 Å². The zero-order valence-electron chi connectivity index (χ0n) is 14.9. The molecule has 0 radical (unpaired) electrons. The quantitative estimate of drug-likeness (QED) is 0.368. The molecule has 21 heavy (non-hydrogen) atoms. The SMILES string of the molecule is CCCCCCCCCCCC[N+](C)(C)C(CC)C(=O)O. The van der Waals surface area contributed by atoms with Gasteiger partial charge in [0.15, 0.2) is 6.04 Å². The lowest BCUT2D eigenvalue weighted by Crippen LogP contribution is -2.53. The summed E-state index contributed by atoms with van der Waals surface area (Å²) in [5.74, 6) is -0.658. The molecule has 0 spiro atoms. The molecule has 3 heteroatoms. The Hall–Kier alpha value is -0.570. The highest BCUT2D eigenvalue weighted by molar-refractivity contribution is 5.72. The molecule has 0 heterocycles. The molecule has 0 aromatic carbocycles. The van der Waals surface area contributed by atoms with Crippen molar-refractivity contribution in [2.75, 3.05) is 20.6 Å². The van der Waals surface area contributed by atoms with Crippen molar-refractivity contribution in [2.24, 2.45) is 0 Å². The fraction of sp³-hybridized carbons (Fsp3) is 0.944. The zero-order chi connectivity index (χ0) is 16.1. The molecule has 0 aliphatic heterocycles. The molecule has 0 rings (SSSR count). The lowest BCUT2D eigenvalue weighted by atomic mass is 10.1. The number of carboxylic acids is 1. The van der Waals surface area contributed by atoms with Gasteiger partial charge in [0.25, 0.3) is 0 Å². The number of aliphatic carboxylic acids is 1. The highest BCUT2D eigenvalue weighted by atomic mass is 16.4. The van der Waals surface area contributed by atoms with Gasteiger partial charge in [-0.05, 0) is 12.8 Å². The molecule has 0 amide bonds. The Labute approximate surface area is 132 Å². The van der Waals surface area contributed by atoms with Gasteiger partial charge >= 0.3 is 5.97 Å². The average Bonchev–Trinajstić information content (AvgIpc) is 2.40. The van der Waals surface area contributed by atoms with Crippen LogP contribution in [0.15, 0.2) is 0 Å². The number of likely N-dealkylation sites (N-methyl/N-ethyl adjacent to an activating group) is 1. The second kappa shape index (κ2) is 12.0. The van der Waals surface area contributed by atoms with Crippen molar-refractivity contribution in [1.29, 1.82) is 0 Å². The van der Waals surface area contributed by atoms with Gasteiger partial charge in [-0.1, -0.05) is 65.2 Å². The van der Waals surface area contributed by atoms with E-state index in [2.05, 4.69) is 21.0 Å². The molecular formula is C18H38NO2+. The third-order valence-corrected chi connectivity index (χ3v) is 4.60. The molecule has 0 saturated carbocycles. The van der Waals surface area contributed by atoms with Gasteiger partial charge in [0, 0.05) is 6.42 Å². The Bertz CT molecular complexity index is 264. The van der Waals surface area contributed by atoms with Crippen LogP contribution in [0.5, 0.6) is 0 Å². The van der Waals surface area contributed by atoms with Crippen LogP contribution in [0, 0.1) is 0 Å². The number of unbranched alkanes of at least 4 members (excludes halogenated alkanes) is 9. The van der Waals surface area contributed by atoms with Crippen molar-refractivity contribution >= 4 is 5.97 Å².